The molecule has 214 valence electrons. The molecule has 1 N–H and O–H groups in total. The second-order valence-corrected chi connectivity index (χ2v) is 13.8. The zero-order valence-electron chi connectivity index (χ0n) is 22.7. The molecule has 0 aliphatic rings. The van der Waals surface area contributed by atoms with E-state index >= 15 is 0 Å². The summed E-state index contributed by atoms with van der Waals surface area (Å²) in [5.74, 6) is -0.922. The summed E-state index contributed by atoms with van der Waals surface area (Å²) in [7, 11) is -4.15. The van der Waals surface area contributed by atoms with Crippen LogP contribution in [-0.4, -0.2) is 43.3 Å². The Morgan fingerprint density at radius 3 is 2.23 bits per heavy atom. The summed E-state index contributed by atoms with van der Waals surface area (Å²) in [6.07, 6.45) is 0.293. The van der Waals surface area contributed by atoms with Crippen LogP contribution in [0.5, 0.6) is 0 Å². The maximum absolute atomic E-state index is 14.1. The van der Waals surface area contributed by atoms with Gasteiger partial charge in [-0.25, -0.2) is 8.42 Å². The van der Waals surface area contributed by atoms with Crippen molar-refractivity contribution in [3.8, 4) is 0 Å². The van der Waals surface area contributed by atoms with Gasteiger partial charge in [-0.1, -0.05) is 76.4 Å². The molecule has 1 unspecified atom stereocenters. The Morgan fingerprint density at radius 2 is 1.65 bits per heavy atom. The number of rotatable bonds is 10. The molecule has 0 radical (unpaired) electrons. The lowest BCUT2D eigenvalue weighted by Crippen LogP contribution is -2.55. The second kappa shape index (κ2) is 13.4. The Balaban J connectivity index is 2.09. The van der Waals surface area contributed by atoms with Crippen molar-refractivity contribution >= 4 is 66.7 Å². The van der Waals surface area contributed by atoms with E-state index in [0.29, 0.717) is 32.2 Å². The largest absolute Gasteiger partial charge is 0.350 e. The normalized spacial score (nSPS) is 12.5. The number of amides is 2. The monoisotopic (exact) mass is 667 g/mol. The first-order valence-electron chi connectivity index (χ1n) is 12.6. The number of halogens is 3. The number of carbonyl (C=O) groups is 2. The Hall–Kier alpha value is -2.59. The number of hydrogen-bond acceptors (Lipinski definition) is 4. The van der Waals surface area contributed by atoms with Crippen molar-refractivity contribution in [1.29, 1.82) is 0 Å². The van der Waals surface area contributed by atoms with Crippen LogP contribution >= 0.6 is 39.1 Å². The summed E-state index contributed by atoms with van der Waals surface area (Å²) in [5, 5.41) is 3.70. The number of sulfonamides is 1. The van der Waals surface area contributed by atoms with E-state index in [9.17, 15) is 18.0 Å². The fraction of sp³-hybridized carbons (Fsp3) is 0.310. The van der Waals surface area contributed by atoms with Crippen LogP contribution in [0.3, 0.4) is 0 Å². The molecule has 0 spiro atoms. The van der Waals surface area contributed by atoms with Gasteiger partial charge in [-0.15, -0.1) is 0 Å². The van der Waals surface area contributed by atoms with Gasteiger partial charge in [0, 0.05) is 26.6 Å². The van der Waals surface area contributed by atoms with E-state index in [1.165, 1.54) is 17.0 Å². The Morgan fingerprint density at radius 1 is 0.975 bits per heavy atom. The number of nitrogens with zero attached hydrogens (tertiary/aromatic N) is 2. The zero-order chi connectivity index (χ0) is 29.7. The van der Waals surface area contributed by atoms with Gasteiger partial charge in [0.05, 0.1) is 10.6 Å². The molecular weight excluding hydrogens is 637 g/mol. The average molecular weight is 669 g/mol. The van der Waals surface area contributed by atoms with E-state index in [4.69, 9.17) is 23.2 Å². The number of hydrogen-bond donors (Lipinski definition) is 1. The maximum Gasteiger partial charge on any atom is 0.264 e. The van der Waals surface area contributed by atoms with Crippen molar-refractivity contribution < 1.29 is 18.0 Å². The SMILES string of the molecule is CCC(C(=O)NC(C)(C)C)N(Cc1ccc(Cl)cc1Cl)C(=O)CN(c1cccc(Br)c1)S(=O)(=O)c1ccccc1. The van der Waals surface area contributed by atoms with Crippen LogP contribution in [0.15, 0.2) is 82.2 Å². The molecule has 0 heterocycles. The van der Waals surface area contributed by atoms with Crippen molar-refractivity contribution in [3.05, 3.63) is 92.9 Å². The van der Waals surface area contributed by atoms with Crippen molar-refractivity contribution in [2.24, 2.45) is 0 Å². The van der Waals surface area contributed by atoms with Gasteiger partial charge in [-0.05, 0) is 75.2 Å². The minimum Gasteiger partial charge on any atom is -0.350 e. The first-order valence-corrected chi connectivity index (χ1v) is 15.6. The Labute approximate surface area is 254 Å². The molecule has 0 fully saturated rings. The van der Waals surface area contributed by atoms with Crippen LogP contribution in [0.4, 0.5) is 5.69 Å². The molecule has 1 atom stereocenters. The van der Waals surface area contributed by atoms with Crippen LogP contribution in [0.1, 0.15) is 39.7 Å². The molecule has 7 nitrogen and oxygen atoms in total. The topological polar surface area (TPSA) is 86.8 Å². The van der Waals surface area contributed by atoms with Crippen LogP contribution in [0.25, 0.3) is 0 Å². The number of carbonyl (C=O) groups excluding carboxylic acids is 2. The van der Waals surface area contributed by atoms with E-state index in [1.807, 2.05) is 20.8 Å². The Bertz CT molecular complexity index is 1460. The lowest BCUT2D eigenvalue weighted by molar-refractivity contribution is -0.141. The highest BCUT2D eigenvalue weighted by atomic mass is 79.9. The number of benzene rings is 3. The fourth-order valence-electron chi connectivity index (χ4n) is 4.09. The van der Waals surface area contributed by atoms with Crippen LogP contribution in [0.2, 0.25) is 10.0 Å². The molecular formula is C29H32BrCl2N3O4S. The van der Waals surface area contributed by atoms with Crippen molar-refractivity contribution in [2.45, 2.75) is 57.1 Å². The van der Waals surface area contributed by atoms with Crippen LogP contribution in [0, 0.1) is 0 Å². The quantitative estimate of drug-likeness (QED) is 0.261. The first kappa shape index (κ1) is 31.9. The van der Waals surface area contributed by atoms with Crippen LogP contribution < -0.4 is 9.62 Å². The molecule has 0 aliphatic carbocycles. The standard InChI is InChI=1S/C29H32BrCl2N3O4S/c1-5-26(28(37)33-29(2,3)4)34(18-20-14-15-22(31)17-25(20)32)27(36)19-35(23-11-9-10-21(30)16-23)40(38,39)24-12-7-6-8-13-24/h6-17,26H,5,18-19H2,1-4H3,(H,33,37). The minimum atomic E-state index is -4.15. The summed E-state index contributed by atoms with van der Waals surface area (Å²) in [5.41, 5.74) is 0.320. The van der Waals surface area contributed by atoms with Gasteiger partial charge in [0.1, 0.15) is 12.6 Å². The molecule has 11 heteroatoms. The highest BCUT2D eigenvalue weighted by molar-refractivity contribution is 9.10. The van der Waals surface area contributed by atoms with E-state index in [-0.39, 0.29) is 17.3 Å². The molecule has 3 aromatic rings. The summed E-state index contributed by atoms with van der Waals surface area (Å²) in [4.78, 5) is 28.9. The van der Waals surface area contributed by atoms with E-state index in [0.717, 1.165) is 4.31 Å². The van der Waals surface area contributed by atoms with E-state index in [2.05, 4.69) is 21.2 Å². The van der Waals surface area contributed by atoms with Gasteiger partial charge < -0.3 is 10.2 Å². The smallest absolute Gasteiger partial charge is 0.264 e. The highest BCUT2D eigenvalue weighted by Crippen LogP contribution is 2.28. The molecule has 0 aliphatic heterocycles. The molecule has 0 saturated carbocycles. The van der Waals surface area contributed by atoms with Gasteiger partial charge in [-0.2, -0.15) is 0 Å². The lowest BCUT2D eigenvalue weighted by Gasteiger charge is -2.35. The minimum absolute atomic E-state index is 0.0252. The summed E-state index contributed by atoms with van der Waals surface area (Å²) in [6.45, 7) is 6.77. The van der Waals surface area contributed by atoms with E-state index in [1.54, 1.807) is 67.6 Å². The average Bonchev–Trinajstić information content (AvgIpc) is 2.87. The van der Waals surface area contributed by atoms with Gasteiger partial charge in [0.15, 0.2) is 0 Å². The third-order valence-electron chi connectivity index (χ3n) is 5.95. The fourth-order valence-corrected chi connectivity index (χ4v) is 6.37. The molecule has 0 aromatic heterocycles. The third-order valence-corrected chi connectivity index (χ3v) is 8.81. The zero-order valence-corrected chi connectivity index (χ0v) is 26.6. The molecule has 40 heavy (non-hydrogen) atoms. The Kier molecular flexibility index (Phi) is 10.7. The number of nitrogens with one attached hydrogen (secondary N) is 1. The number of anilines is 1. The summed E-state index contributed by atoms with van der Waals surface area (Å²) in [6, 6.07) is 18.6. The molecule has 0 bridgehead atoms. The summed E-state index contributed by atoms with van der Waals surface area (Å²) >= 11 is 15.9. The van der Waals surface area contributed by atoms with Crippen molar-refractivity contribution in [2.75, 3.05) is 10.8 Å². The van der Waals surface area contributed by atoms with Gasteiger partial charge in [0.25, 0.3) is 10.0 Å². The molecule has 3 rings (SSSR count). The maximum atomic E-state index is 14.1. The second-order valence-electron chi connectivity index (χ2n) is 10.2. The van der Waals surface area contributed by atoms with Gasteiger partial charge in [0.2, 0.25) is 11.8 Å². The van der Waals surface area contributed by atoms with Gasteiger partial charge >= 0.3 is 0 Å². The lowest BCUT2D eigenvalue weighted by atomic mass is 10.1. The predicted octanol–water partition coefficient (Wildman–Crippen LogP) is 6.67. The third kappa shape index (κ3) is 8.22. The first-order chi connectivity index (χ1) is 18.7. The van der Waals surface area contributed by atoms with Crippen molar-refractivity contribution in [1.82, 2.24) is 10.2 Å². The van der Waals surface area contributed by atoms with Crippen molar-refractivity contribution in [3.63, 3.8) is 0 Å². The van der Waals surface area contributed by atoms with Crippen LogP contribution in [-0.2, 0) is 26.2 Å². The molecule has 0 saturated heterocycles. The molecule has 2 amide bonds. The highest BCUT2D eigenvalue weighted by Gasteiger charge is 2.35. The van der Waals surface area contributed by atoms with E-state index < -0.39 is 34.1 Å². The predicted molar refractivity (Wildman–Crippen MR) is 164 cm³/mol. The molecule has 3 aromatic carbocycles. The summed E-state index contributed by atoms with van der Waals surface area (Å²) < 4.78 is 29.4. The van der Waals surface area contributed by atoms with Gasteiger partial charge in [-0.3, -0.25) is 13.9 Å².